The van der Waals surface area contributed by atoms with Crippen LogP contribution in [0.3, 0.4) is 0 Å². The molecule has 0 aromatic rings. The van der Waals surface area contributed by atoms with Gasteiger partial charge in [0.1, 0.15) is 0 Å². The van der Waals surface area contributed by atoms with Gasteiger partial charge in [0.2, 0.25) is 0 Å². The van der Waals surface area contributed by atoms with Crippen LogP contribution in [-0.4, -0.2) is 36.6 Å². The predicted molar refractivity (Wildman–Crippen MR) is 74.2 cm³/mol. The smallest absolute Gasteiger partial charge is 0.0198 e. The molecule has 2 fully saturated rings. The molecule has 1 aliphatic carbocycles. The highest BCUT2D eigenvalue weighted by Gasteiger charge is 2.36. The fraction of sp³-hybridized carbons (Fsp3) is 1.00. The summed E-state index contributed by atoms with van der Waals surface area (Å²) in [5, 5.41) is 3.78. The molecule has 100 valence electrons. The highest BCUT2D eigenvalue weighted by molar-refractivity contribution is 4.93. The van der Waals surface area contributed by atoms with E-state index in [2.05, 4.69) is 37.9 Å². The average molecular weight is 238 g/mol. The highest BCUT2D eigenvalue weighted by atomic mass is 15.2. The SMILES string of the molecule is CC(C)CNC1CC(C(C)C)CN(C2CC2)C1. The zero-order valence-corrected chi connectivity index (χ0v) is 12.1. The largest absolute Gasteiger partial charge is 0.312 e. The third-order valence-corrected chi connectivity index (χ3v) is 4.33. The zero-order valence-electron chi connectivity index (χ0n) is 12.1. The molecular weight excluding hydrogens is 208 g/mol. The van der Waals surface area contributed by atoms with E-state index in [4.69, 9.17) is 0 Å². The molecule has 0 aromatic heterocycles. The summed E-state index contributed by atoms with van der Waals surface area (Å²) in [5.41, 5.74) is 0. The Labute approximate surface area is 107 Å². The van der Waals surface area contributed by atoms with Crippen LogP contribution in [0.4, 0.5) is 0 Å². The van der Waals surface area contributed by atoms with Crippen LogP contribution in [0.1, 0.15) is 47.0 Å². The average Bonchev–Trinajstić information content (AvgIpc) is 3.09. The van der Waals surface area contributed by atoms with E-state index in [1.54, 1.807) is 0 Å². The number of likely N-dealkylation sites (tertiary alicyclic amines) is 1. The Morgan fingerprint density at radius 3 is 2.35 bits per heavy atom. The van der Waals surface area contributed by atoms with Gasteiger partial charge in [-0.15, -0.1) is 0 Å². The van der Waals surface area contributed by atoms with E-state index in [1.807, 2.05) is 0 Å². The number of nitrogens with zero attached hydrogens (tertiary/aromatic N) is 1. The number of rotatable bonds is 5. The summed E-state index contributed by atoms with van der Waals surface area (Å²) in [4.78, 5) is 2.76. The number of hydrogen-bond donors (Lipinski definition) is 1. The van der Waals surface area contributed by atoms with Crippen LogP contribution in [0.5, 0.6) is 0 Å². The second kappa shape index (κ2) is 5.71. The summed E-state index contributed by atoms with van der Waals surface area (Å²) >= 11 is 0. The number of hydrogen-bond acceptors (Lipinski definition) is 2. The molecule has 2 rings (SSSR count). The van der Waals surface area contributed by atoms with E-state index in [9.17, 15) is 0 Å². The van der Waals surface area contributed by atoms with Gasteiger partial charge < -0.3 is 5.32 Å². The first-order valence-corrected chi connectivity index (χ1v) is 7.53. The van der Waals surface area contributed by atoms with Crippen LogP contribution in [-0.2, 0) is 0 Å². The Morgan fingerprint density at radius 2 is 1.82 bits per heavy atom. The molecule has 0 amide bonds. The van der Waals surface area contributed by atoms with Gasteiger partial charge in [-0.25, -0.2) is 0 Å². The van der Waals surface area contributed by atoms with Gasteiger partial charge in [-0.2, -0.15) is 0 Å². The van der Waals surface area contributed by atoms with Crippen molar-refractivity contribution >= 4 is 0 Å². The maximum Gasteiger partial charge on any atom is 0.0198 e. The highest BCUT2D eigenvalue weighted by Crippen LogP contribution is 2.33. The van der Waals surface area contributed by atoms with Gasteiger partial charge in [0.15, 0.2) is 0 Å². The van der Waals surface area contributed by atoms with E-state index in [0.29, 0.717) is 0 Å². The maximum absolute atomic E-state index is 3.78. The normalized spacial score (nSPS) is 31.4. The minimum absolute atomic E-state index is 0.735. The number of nitrogens with one attached hydrogen (secondary N) is 1. The lowest BCUT2D eigenvalue weighted by atomic mass is 9.85. The van der Waals surface area contributed by atoms with E-state index >= 15 is 0 Å². The van der Waals surface area contributed by atoms with Crippen LogP contribution in [0.2, 0.25) is 0 Å². The third-order valence-electron chi connectivity index (χ3n) is 4.33. The molecule has 2 aliphatic rings. The summed E-state index contributed by atoms with van der Waals surface area (Å²) < 4.78 is 0. The minimum atomic E-state index is 0.735. The summed E-state index contributed by atoms with van der Waals surface area (Å²) in [6, 6.07) is 1.67. The Kier molecular flexibility index (Phi) is 4.48. The van der Waals surface area contributed by atoms with E-state index in [1.165, 1.54) is 38.9 Å². The first-order chi connectivity index (χ1) is 8.06. The molecule has 1 N–H and O–H groups in total. The molecule has 1 heterocycles. The van der Waals surface area contributed by atoms with Gasteiger partial charge in [-0.05, 0) is 43.6 Å². The van der Waals surface area contributed by atoms with Gasteiger partial charge in [0.05, 0.1) is 0 Å². The molecule has 2 heteroatoms. The molecule has 1 saturated carbocycles. The van der Waals surface area contributed by atoms with Gasteiger partial charge in [0, 0.05) is 25.2 Å². The van der Waals surface area contributed by atoms with Gasteiger partial charge in [-0.3, -0.25) is 4.90 Å². The molecule has 2 unspecified atom stereocenters. The van der Waals surface area contributed by atoms with Crippen molar-refractivity contribution in [1.29, 1.82) is 0 Å². The van der Waals surface area contributed by atoms with Gasteiger partial charge in [0.25, 0.3) is 0 Å². The van der Waals surface area contributed by atoms with Crippen molar-refractivity contribution in [3.63, 3.8) is 0 Å². The zero-order chi connectivity index (χ0) is 12.4. The van der Waals surface area contributed by atoms with Crippen LogP contribution < -0.4 is 5.32 Å². The van der Waals surface area contributed by atoms with E-state index in [-0.39, 0.29) is 0 Å². The quantitative estimate of drug-likeness (QED) is 0.792. The van der Waals surface area contributed by atoms with Crippen molar-refractivity contribution in [1.82, 2.24) is 10.2 Å². The molecule has 0 spiro atoms. The first-order valence-electron chi connectivity index (χ1n) is 7.53. The predicted octanol–water partition coefficient (Wildman–Crippen LogP) is 2.74. The Hall–Kier alpha value is -0.0800. The maximum atomic E-state index is 3.78. The summed E-state index contributed by atoms with van der Waals surface area (Å²) in [7, 11) is 0. The summed E-state index contributed by atoms with van der Waals surface area (Å²) in [6.07, 6.45) is 4.27. The Morgan fingerprint density at radius 1 is 1.12 bits per heavy atom. The van der Waals surface area contributed by atoms with E-state index in [0.717, 1.165) is 29.8 Å². The molecule has 1 saturated heterocycles. The molecule has 17 heavy (non-hydrogen) atoms. The topological polar surface area (TPSA) is 15.3 Å². The fourth-order valence-electron chi connectivity index (χ4n) is 2.94. The lowest BCUT2D eigenvalue weighted by Gasteiger charge is -2.40. The van der Waals surface area contributed by atoms with Crippen molar-refractivity contribution in [3.05, 3.63) is 0 Å². The molecule has 1 aliphatic heterocycles. The molecule has 0 radical (unpaired) electrons. The molecular formula is C15H30N2. The van der Waals surface area contributed by atoms with Crippen molar-refractivity contribution in [2.75, 3.05) is 19.6 Å². The summed E-state index contributed by atoms with van der Waals surface area (Å²) in [5.74, 6) is 2.50. The second-order valence-electron chi connectivity index (χ2n) is 6.92. The van der Waals surface area contributed by atoms with Gasteiger partial charge in [-0.1, -0.05) is 27.7 Å². The van der Waals surface area contributed by atoms with Crippen molar-refractivity contribution < 1.29 is 0 Å². The van der Waals surface area contributed by atoms with E-state index < -0.39 is 0 Å². The van der Waals surface area contributed by atoms with Crippen molar-refractivity contribution in [2.24, 2.45) is 17.8 Å². The van der Waals surface area contributed by atoms with Gasteiger partial charge >= 0.3 is 0 Å². The molecule has 2 atom stereocenters. The first kappa shape index (κ1) is 13.4. The second-order valence-corrected chi connectivity index (χ2v) is 6.92. The lowest BCUT2D eigenvalue weighted by molar-refractivity contribution is 0.108. The fourth-order valence-corrected chi connectivity index (χ4v) is 2.94. The Balaban J connectivity index is 1.86. The van der Waals surface area contributed by atoms with Crippen LogP contribution in [0.15, 0.2) is 0 Å². The Bertz CT molecular complexity index is 223. The molecule has 2 nitrogen and oxygen atoms in total. The third kappa shape index (κ3) is 3.96. The van der Waals surface area contributed by atoms with Crippen molar-refractivity contribution in [3.8, 4) is 0 Å². The van der Waals surface area contributed by atoms with Crippen LogP contribution in [0.25, 0.3) is 0 Å². The standard InChI is InChI=1S/C15H30N2/c1-11(2)8-16-14-7-13(12(3)4)9-17(10-14)15-5-6-15/h11-16H,5-10H2,1-4H3. The summed E-state index contributed by atoms with van der Waals surface area (Å²) in [6.45, 7) is 13.2. The molecule has 0 aromatic carbocycles. The van der Waals surface area contributed by atoms with Crippen molar-refractivity contribution in [2.45, 2.75) is 59.0 Å². The van der Waals surface area contributed by atoms with Crippen LogP contribution >= 0.6 is 0 Å². The minimum Gasteiger partial charge on any atom is -0.312 e. The number of piperidine rings is 1. The van der Waals surface area contributed by atoms with Crippen LogP contribution in [0, 0.1) is 17.8 Å². The monoisotopic (exact) mass is 238 g/mol. The lowest BCUT2D eigenvalue weighted by Crippen LogP contribution is -2.51. The molecule has 0 bridgehead atoms.